The van der Waals surface area contributed by atoms with Gasteiger partial charge < -0.3 is 4.90 Å². The van der Waals surface area contributed by atoms with E-state index in [0.717, 1.165) is 17.1 Å². The van der Waals surface area contributed by atoms with Gasteiger partial charge in [-0.15, -0.1) is 11.3 Å². The largest absolute Gasteiger partial charge is 0.310 e. The minimum absolute atomic E-state index is 1.12. The van der Waals surface area contributed by atoms with E-state index in [1.54, 1.807) is 0 Å². The zero-order valence-corrected chi connectivity index (χ0v) is 30.2. The Labute approximate surface area is 317 Å². The van der Waals surface area contributed by atoms with Crippen molar-refractivity contribution in [3.8, 4) is 22.3 Å². The van der Waals surface area contributed by atoms with Crippen LogP contribution in [0.25, 0.3) is 85.5 Å². The fourth-order valence-electron chi connectivity index (χ4n) is 8.41. The molecule has 0 atom stereocenters. The summed E-state index contributed by atoms with van der Waals surface area (Å²) in [6.45, 7) is 0. The maximum Gasteiger partial charge on any atom is 0.0540 e. The normalized spacial score (nSPS) is 11.7. The first-order valence-corrected chi connectivity index (χ1v) is 19.3. The number of rotatable bonds is 5. The Morgan fingerprint density at radius 1 is 0.315 bits per heavy atom. The van der Waals surface area contributed by atoms with Gasteiger partial charge in [-0.05, 0) is 103 Å². The molecule has 0 saturated heterocycles. The van der Waals surface area contributed by atoms with E-state index in [1.807, 2.05) is 11.3 Å². The molecule has 0 amide bonds. The highest BCUT2D eigenvalue weighted by Crippen LogP contribution is 2.45. The van der Waals surface area contributed by atoms with Crippen molar-refractivity contribution in [3.63, 3.8) is 0 Å². The predicted octanol–water partition coefficient (Wildman–Crippen LogP) is 15.5. The van der Waals surface area contributed by atoms with Crippen LogP contribution in [-0.4, -0.2) is 0 Å². The summed E-state index contributed by atoms with van der Waals surface area (Å²) in [6, 6.07) is 73.5. The molecule has 10 aromatic carbocycles. The predicted molar refractivity (Wildman–Crippen MR) is 235 cm³/mol. The molecule has 1 heterocycles. The van der Waals surface area contributed by atoms with E-state index in [-0.39, 0.29) is 0 Å². The van der Waals surface area contributed by atoms with Gasteiger partial charge in [0.15, 0.2) is 0 Å². The highest BCUT2D eigenvalue weighted by atomic mass is 32.1. The summed E-state index contributed by atoms with van der Waals surface area (Å²) in [6.07, 6.45) is 0. The number of benzene rings is 10. The van der Waals surface area contributed by atoms with Gasteiger partial charge in [0, 0.05) is 42.3 Å². The first-order valence-electron chi connectivity index (χ1n) is 18.5. The van der Waals surface area contributed by atoms with Gasteiger partial charge in [-0.3, -0.25) is 0 Å². The van der Waals surface area contributed by atoms with Crippen LogP contribution in [0.5, 0.6) is 0 Å². The molecule has 0 radical (unpaired) electrons. The van der Waals surface area contributed by atoms with Crippen LogP contribution in [0.3, 0.4) is 0 Å². The Bertz CT molecular complexity index is 3210. The van der Waals surface area contributed by atoms with Crippen molar-refractivity contribution < 1.29 is 0 Å². The van der Waals surface area contributed by atoms with E-state index in [0.29, 0.717) is 0 Å². The van der Waals surface area contributed by atoms with Crippen molar-refractivity contribution in [3.05, 3.63) is 200 Å². The van der Waals surface area contributed by atoms with Gasteiger partial charge >= 0.3 is 0 Å². The molecule has 54 heavy (non-hydrogen) atoms. The van der Waals surface area contributed by atoms with Gasteiger partial charge in [0.1, 0.15) is 0 Å². The Morgan fingerprint density at radius 2 is 0.926 bits per heavy atom. The lowest BCUT2D eigenvalue weighted by Crippen LogP contribution is -2.10. The summed E-state index contributed by atoms with van der Waals surface area (Å²) < 4.78 is 2.66. The first kappa shape index (κ1) is 30.8. The smallest absolute Gasteiger partial charge is 0.0540 e. The summed E-state index contributed by atoms with van der Waals surface area (Å²) >= 11 is 1.89. The van der Waals surface area contributed by atoms with Crippen LogP contribution in [-0.2, 0) is 0 Å². The third-order valence-corrected chi connectivity index (χ3v) is 12.2. The number of hydrogen-bond acceptors (Lipinski definition) is 2. The lowest BCUT2D eigenvalue weighted by atomic mass is 9.92. The maximum atomic E-state index is 2.43. The van der Waals surface area contributed by atoms with Crippen molar-refractivity contribution >= 4 is 91.7 Å². The van der Waals surface area contributed by atoms with Gasteiger partial charge in [0.05, 0.1) is 5.69 Å². The van der Waals surface area contributed by atoms with Crippen molar-refractivity contribution in [2.75, 3.05) is 4.90 Å². The highest BCUT2D eigenvalue weighted by molar-refractivity contribution is 7.26. The third kappa shape index (κ3) is 4.99. The highest BCUT2D eigenvalue weighted by Gasteiger charge is 2.19. The van der Waals surface area contributed by atoms with Crippen LogP contribution < -0.4 is 4.90 Å². The average molecular weight is 704 g/mol. The van der Waals surface area contributed by atoms with Crippen LogP contribution in [0.4, 0.5) is 17.1 Å². The molecule has 1 aromatic heterocycles. The number of anilines is 3. The van der Waals surface area contributed by atoms with Crippen molar-refractivity contribution in [2.45, 2.75) is 0 Å². The Morgan fingerprint density at radius 3 is 1.80 bits per heavy atom. The van der Waals surface area contributed by atoms with Crippen LogP contribution in [0, 0.1) is 0 Å². The second-order valence-electron chi connectivity index (χ2n) is 14.1. The summed E-state index contributed by atoms with van der Waals surface area (Å²) in [5.74, 6) is 0. The molecule has 0 aliphatic carbocycles. The molecule has 2 heteroatoms. The van der Waals surface area contributed by atoms with Gasteiger partial charge in [-0.2, -0.15) is 0 Å². The molecule has 0 N–H and O–H groups in total. The fourth-order valence-corrected chi connectivity index (χ4v) is 9.64. The number of thiophene rings is 1. The molecule has 0 unspecified atom stereocenters. The molecule has 1 nitrogen and oxygen atoms in total. The standard InChI is InChI=1S/C52H33NS/c1-2-11-34(12-3-1)35-23-26-40(27-24-35)53(50-19-10-18-47-45(50)29-30-48-46-17-8-9-20-51(46)54-52(47)48)41-28-25-36-31-39(22-21-37(36)32-41)49-33-38-13-4-5-14-42(38)43-15-6-7-16-44(43)49/h1-33H. The summed E-state index contributed by atoms with van der Waals surface area (Å²) in [7, 11) is 0. The summed E-state index contributed by atoms with van der Waals surface area (Å²) in [4.78, 5) is 2.43. The molecular formula is C52H33NS. The monoisotopic (exact) mass is 703 g/mol. The van der Waals surface area contributed by atoms with Crippen molar-refractivity contribution in [2.24, 2.45) is 0 Å². The zero-order chi connectivity index (χ0) is 35.6. The molecule has 252 valence electrons. The molecule has 11 rings (SSSR count). The Kier molecular flexibility index (Phi) is 7.11. The number of hydrogen-bond donors (Lipinski definition) is 0. The molecule has 0 aliphatic rings. The van der Waals surface area contributed by atoms with Crippen LogP contribution in [0.1, 0.15) is 0 Å². The van der Waals surface area contributed by atoms with Gasteiger partial charge in [-0.1, -0.05) is 152 Å². The lowest BCUT2D eigenvalue weighted by molar-refractivity contribution is 1.30. The molecule has 0 bridgehead atoms. The average Bonchev–Trinajstić information content (AvgIpc) is 3.63. The lowest BCUT2D eigenvalue weighted by Gasteiger charge is -2.27. The van der Waals surface area contributed by atoms with E-state index < -0.39 is 0 Å². The SMILES string of the molecule is c1ccc(-c2ccc(N(c3ccc4cc(-c5cc6ccccc6c6ccccc56)ccc4c3)c3cccc4c3ccc3c5ccccc5sc43)cc2)cc1. The van der Waals surface area contributed by atoms with Crippen LogP contribution in [0.15, 0.2) is 200 Å². The molecular weight excluding hydrogens is 671 g/mol. The van der Waals surface area contributed by atoms with E-state index in [1.165, 1.54) is 85.5 Å². The molecule has 0 spiro atoms. The molecule has 11 aromatic rings. The van der Waals surface area contributed by atoms with Gasteiger partial charge in [0.25, 0.3) is 0 Å². The number of fused-ring (bicyclic) bond motifs is 9. The van der Waals surface area contributed by atoms with E-state index in [2.05, 4.69) is 205 Å². The fraction of sp³-hybridized carbons (Fsp3) is 0. The van der Waals surface area contributed by atoms with Gasteiger partial charge in [0.2, 0.25) is 0 Å². The first-order chi connectivity index (χ1) is 26.8. The summed E-state index contributed by atoms with van der Waals surface area (Å²) in [5, 5.41) is 12.7. The zero-order valence-electron chi connectivity index (χ0n) is 29.4. The second-order valence-corrected chi connectivity index (χ2v) is 15.2. The third-order valence-electron chi connectivity index (χ3n) is 11.0. The molecule has 0 saturated carbocycles. The Hall–Kier alpha value is -6.74. The van der Waals surface area contributed by atoms with E-state index in [4.69, 9.17) is 0 Å². The van der Waals surface area contributed by atoms with Crippen LogP contribution >= 0.6 is 11.3 Å². The quantitative estimate of drug-likeness (QED) is 0.161. The Balaban J connectivity index is 1.08. The molecule has 0 fully saturated rings. The van der Waals surface area contributed by atoms with Crippen molar-refractivity contribution in [1.29, 1.82) is 0 Å². The summed E-state index contributed by atoms with van der Waals surface area (Å²) in [5.41, 5.74) is 8.33. The van der Waals surface area contributed by atoms with Gasteiger partial charge in [-0.25, -0.2) is 0 Å². The van der Waals surface area contributed by atoms with Crippen molar-refractivity contribution in [1.82, 2.24) is 0 Å². The minimum Gasteiger partial charge on any atom is -0.310 e. The molecule has 0 aliphatic heterocycles. The topological polar surface area (TPSA) is 3.24 Å². The number of nitrogens with zero attached hydrogens (tertiary/aromatic N) is 1. The van der Waals surface area contributed by atoms with E-state index >= 15 is 0 Å². The maximum absolute atomic E-state index is 2.43. The second kappa shape index (κ2) is 12.4. The van der Waals surface area contributed by atoms with Crippen LogP contribution in [0.2, 0.25) is 0 Å². The van der Waals surface area contributed by atoms with E-state index in [9.17, 15) is 0 Å². The minimum atomic E-state index is 1.12.